The molecule has 7 nitrogen and oxygen atoms in total. The van der Waals surface area contributed by atoms with Crippen molar-refractivity contribution in [3.8, 4) is 0 Å². The topological polar surface area (TPSA) is 75.6 Å². The van der Waals surface area contributed by atoms with E-state index < -0.39 is 5.60 Å². The fourth-order valence-corrected chi connectivity index (χ4v) is 4.27. The summed E-state index contributed by atoms with van der Waals surface area (Å²) in [6.45, 7) is 6.08. The molecule has 142 valence electrons. The van der Waals surface area contributed by atoms with Crippen molar-refractivity contribution in [3.63, 3.8) is 0 Å². The van der Waals surface area contributed by atoms with Crippen molar-refractivity contribution in [2.24, 2.45) is 0 Å². The van der Waals surface area contributed by atoms with Gasteiger partial charge in [-0.25, -0.2) is 14.8 Å². The molecule has 0 radical (unpaired) electrons. The lowest BCUT2D eigenvalue weighted by Crippen LogP contribution is -2.49. The molecule has 1 spiro atoms. The normalized spacial score (nSPS) is 20.3. The molecule has 0 aromatic carbocycles. The SMILES string of the molecule is CCC[C@H](C)N1CC2(CCN(C(=O)CSc3ncccn3)CC2)OC1=O. The molecule has 0 aliphatic carbocycles. The predicted octanol–water partition coefficient (Wildman–Crippen LogP) is 2.57. The zero-order chi connectivity index (χ0) is 18.6. The second kappa shape index (κ2) is 8.24. The van der Waals surface area contributed by atoms with Gasteiger partial charge in [-0.2, -0.15) is 0 Å². The molecule has 2 fully saturated rings. The summed E-state index contributed by atoms with van der Waals surface area (Å²) in [5, 5.41) is 0.611. The molecule has 2 amide bonds. The molecule has 2 aliphatic heterocycles. The molecule has 8 heteroatoms. The van der Waals surface area contributed by atoms with Crippen LogP contribution in [0.3, 0.4) is 0 Å². The van der Waals surface area contributed by atoms with E-state index in [1.165, 1.54) is 11.8 Å². The smallest absolute Gasteiger partial charge is 0.410 e. The van der Waals surface area contributed by atoms with Gasteiger partial charge in [0.1, 0.15) is 5.60 Å². The maximum Gasteiger partial charge on any atom is 0.410 e. The van der Waals surface area contributed by atoms with Crippen LogP contribution in [0.15, 0.2) is 23.6 Å². The Morgan fingerprint density at radius 3 is 2.69 bits per heavy atom. The zero-order valence-corrected chi connectivity index (χ0v) is 16.2. The van der Waals surface area contributed by atoms with E-state index in [1.54, 1.807) is 18.5 Å². The first kappa shape index (κ1) is 18.9. The van der Waals surface area contributed by atoms with Crippen LogP contribution in [-0.2, 0) is 9.53 Å². The number of hydrogen-bond acceptors (Lipinski definition) is 6. The Bertz CT molecular complexity index is 635. The molecule has 1 aromatic heterocycles. The summed E-state index contributed by atoms with van der Waals surface area (Å²) in [5.74, 6) is 0.411. The average molecular weight is 378 g/mol. The number of likely N-dealkylation sites (tertiary alicyclic amines) is 1. The monoisotopic (exact) mass is 378 g/mol. The van der Waals surface area contributed by atoms with Crippen molar-refractivity contribution >= 4 is 23.8 Å². The molecular weight excluding hydrogens is 352 g/mol. The molecule has 2 aliphatic rings. The van der Waals surface area contributed by atoms with Crippen LogP contribution in [0.25, 0.3) is 0 Å². The zero-order valence-electron chi connectivity index (χ0n) is 15.4. The number of carbonyl (C=O) groups excluding carboxylic acids is 2. The number of amides is 2. The molecule has 2 saturated heterocycles. The molecule has 1 aromatic rings. The van der Waals surface area contributed by atoms with Crippen molar-refractivity contribution in [2.75, 3.05) is 25.4 Å². The van der Waals surface area contributed by atoms with Gasteiger partial charge in [0.2, 0.25) is 5.91 Å². The van der Waals surface area contributed by atoms with E-state index in [0.717, 1.165) is 12.8 Å². The van der Waals surface area contributed by atoms with Gasteiger partial charge < -0.3 is 14.5 Å². The molecule has 1 atom stereocenters. The van der Waals surface area contributed by atoms with Crippen LogP contribution in [0.5, 0.6) is 0 Å². The number of rotatable bonds is 6. The lowest BCUT2D eigenvalue weighted by atomic mass is 9.91. The van der Waals surface area contributed by atoms with E-state index in [9.17, 15) is 9.59 Å². The van der Waals surface area contributed by atoms with Crippen LogP contribution in [0.4, 0.5) is 4.79 Å². The number of ether oxygens (including phenoxy) is 1. The minimum atomic E-state index is -0.425. The quantitative estimate of drug-likeness (QED) is 0.559. The highest BCUT2D eigenvalue weighted by Crippen LogP contribution is 2.35. The predicted molar refractivity (Wildman–Crippen MR) is 98.9 cm³/mol. The van der Waals surface area contributed by atoms with Crippen LogP contribution in [0.1, 0.15) is 39.5 Å². The molecular formula is C18H26N4O3S. The third-order valence-corrected chi connectivity index (χ3v) is 5.99. The number of piperidine rings is 1. The van der Waals surface area contributed by atoms with Gasteiger partial charge >= 0.3 is 6.09 Å². The van der Waals surface area contributed by atoms with Crippen molar-refractivity contribution in [2.45, 2.75) is 56.3 Å². The standard InChI is InChI=1S/C18H26N4O3S/c1-3-5-14(2)22-13-18(25-17(22)24)6-10-21(11-7-18)15(23)12-26-16-19-8-4-9-20-16/h4,8-9,14H,3,5-7,10-13H2,1-2H3/t14-/m0/s1. The fraction of sp³-hybridized carbons (Fsp3) is 0.667. The van der Waals surface area contributed by atoms with Crippen molar-refractivity contribution < 1.29 is 14.3 Å². The molecule has 3 rings (SSSR count). The second-order valence-electron chi connectivity index (χ2n) is 7.02. The highest BCUT2D eigenvalue weighted by Gasteiger charge is 2.48. The van der Waals surface area contributed by atoms with Crippen LogP contribution < -0.4 is 0 Å². The summed E-state index contributed by atoms with van der Waals surface area (Å²) in [4.78, 5) is 36.6. The maximum atomic E-state index is 12.4. The van der Waals surface area contributed by atoms with E-state index in [1.807, 2.05) is 9.80 Å². The lowest BCUT2D eigenvalue weighted by molar-refractivity contribution is -0.131. The Kier molecular flexibility index (Phi) is 6.01. The Balaban J connectivity index is 1.49. The van der Waals surface area contributed by atoms with Gasteiger partial charge in [-0.15, -0.1) is 0 Å². The summed E-state index contributed by atoms with van der Waals surface area (Å²) < 4.78 is 5.75. The van der Waals surface area contributed by atoms with E-state index in [-0.39, 0.29) is 18.0 Å². The van der Waals surface area contributed by atoms with E-state index in [4.69, 9.17) is 4.74 Å². The lowest BCUT2D eigenvalue weighted by Gasteiger charge is -2.37. The number of nitrogens with zero attached hydrogens (tertiary/aromatic N) is 4. The number of thioether (sulfide) groups is 1. The highest BCUT2D eigenvalue weighted by atomic mass is 32.2. The van der Waals surface area contributed by atoms with E-state index in [2.05, 4.69) is 23.8 Å². The van der Waals surface area contributed by atoms with Gasteiger partial charge in [-0.05, 0) is 19.4 Å². The molecule has 0 bridgehead atoms. The van der Waals surface area contributed by atoms with Crippen LogP contribution in [0, 0.1) is 0 Å². The minimum absolute atomic E-state index is 0.0813. The van der Waals surface area contributed by atoms with Gasteiger partial charge in [0.25, 0.3) is 0 Å². The Morgan fingerprint density at radius 2 is 2.04 bits per heavy atom. The number of carbonyl (C=O) groups is 2. The highest BCUT2D eigenvalue weighted by molar-refractivity contribution is 7.99. The van der Waals surface area contributed by atoms with Crippen LogP contribution in [-0.4, -0.2) is 68.8 Å². The Labute approximate surface area is 158 Å². The van der Waals surface area contributed by atoms with E-state index in [0.29, 0.717) is 43.4 Å². The maximum absolute atomic E-state index is 12.4. The van der Waals surface area contributed by atoms with Gasteiger partial charge in [-0.1, -0.05) is 25.1 Å². The van der Waals surface area contributed by atoms with Gasteiger partial charge in [0.15, 0.2) is 5.16 Å². The minimum Gasteiger partial charge on any atom is -0.441 e. The van der Waals surface area contributed by atoms with Crippen molar-refractivity contribution in [3.05, 3.63) is 18.5 Å². The van der Waals surface area contributed by atoms with Gasteiger partial charge in [0.05, 0.1) is 12.3 Å². The average Bonchev–Trinajstić information content (AvgIpc) is 2.97. The Hall–Kier alpha value is -1.83. The third kappa shape index (κ3) is 4.28. The second-order valence-corrected chi connectivity index (χ2v) is 7.96. The molecule has 26 heavy (non-hydrogen) atoms. The summed E-state index contributed by atoms with van der Waals surface area (Å²) in [7, 11) is 0. The first-order valence-corrected chi connectivity index (χ1v) is 10.2. The molecule has 0 N–H and O–H groups in total. The number of aromatic nitrogens is 2. The first-order valence-electron chi connectivity index (χ1n) is 9.20. The van der Waals surface area contributed by atoms with E-state index >= 15 is 0 Å². The first-order chi connectivity index (χ1) is 12.5. The van der Waals surface area contributed by atoms with Crippen LogP contribution in [0.2, 0.25) is 0 Å². The van der Waals surface area contributed by atoms with Crippen LogP contribution >= 0.6 is 11.8 Å². The molecule has 0 unspecified atom stereocenters. The molecule has 3 heterocycles. The van der Waals surface area contributed by atoms with Crippen molar-refractivity contribution in [1.29, 1.82) is 0 Å². The fourth-order valence-electron chi connectivity index (χ4n) is 3.56. The Morgan fingerprint density at radius 1 is 1.35 bits per heavy atom. The summed E-state index contributed by atoms with van der Waals surface area (Å²) in [5.41, 5.74) is -0.425. The molecule has 0 saturated carbocycles. The summed E-state index contributed by atoms with van der Waals surface area (Å²) in [6.07, 6.45) is 6.56. The summed E-state index contributed by atoms with van der Waals surface area (Å²) >= 11 is 1.35. The van der Waals surface area contributed by atoms with Gasteiger partial charge in [0, 0.05) is 44.4 Å². The van der Waals surface area contributed by atoms with Crippen molar-refractivity contribution in [1.82, 2.24) is 19.8 Å². The third-order valence-electron chi connectivity index (χ3n) is 5.13. The van der Waals surface area contributed by atoms with Gasteiger partial charge in [-0.3, -0.25) is 4.79 Å². The number of hydrogen-bond donors (Lipinski definition) is 0. The largest absolute Gasteiger partial charge is 0.441 e. The summed E-state index contributed by atoms with van der Waals surface area (Å²) in [6, 6.07) is 1.96.